The van der Waals surface area contributed by atoms with Crippen molar-refractivity contribution in [3.8, 4) is 5.75 Å². The van der Waals surface area contributed by atoms with Crippen molar-refractivity contribution in [2.45, 2.75) is 26.2 Å². The van der Waals surface area contributed by atoms with E-state index in [1.807, 2.05) is 6.92 Å². The number of unbranched alkanes of at least 4 members (excludes halogenated alkanes) is 1. The maximum atomic E-state index is 11.6. The average Bonchev–Trinajstić information content (AvgIpc) is 2.56. The maximum Gasteiger partial charge on any atom is 0.338 e. The predicted molar refractivity (Wildman–Crippen MR) is 85.0 cm³/mol. The minimum Gasteiger partial charge on any atom is -0.494 e. The van der Waals surface area contributed by atoms with Crippen LogP contribution >= 0.6 is 0 Å². The first-order valence-corrected chi connectivity index (χ1v) is 7.47. The van der Waals surface area contributed by atoms with Gasteiger partial charge in [-0.2, -0.15) is 0 Å². The fraction of sp³-hybridized carbons (Fsp3) is 0.412. The quantitative estimate of drug-likeness (QED) is 0.410. The first-order chi connectivity index (χ1) is 10.7. The normalized spacial score (nSPS) is 9.86. The average molecular weight is 305 g/mol. The van der Waals surface area contributed by atoms with Gasteiger partial charge in [0.05, 0.1) is 18.8 Å². The fourth-order valence-electron chi connectivity index (χ4n) is 1.67. The zero-order chi connectivity index (χ0) is 16.2. The number of amides is 1. The molecule has 22 heavy (non-hydrogen) atoms. The Kier molecular flexibility index (Phi) is 8.42. The molecule has 5 nitrogen and oxygen atoms in total. The summed E-state index contributed by atoms with van der Waals surface area (Å²) in [7, 11) is 0. The van der Waals surface area contributed by atoms with E-state index in [-0.39, 0.29) is 11.9 Å². The van der Waals surface area contributed by atoms with Gasteiger partial charge in [0.25, 0.3) is 0 Å². The Hall–Kier alpha value is -2.30. The van der Waals surface area contributed by atoms with Crippen molar-refractivity contribution in [2.24, 2.45) is 0 Å². The van der Waals surface area contributed by atoms with Gasteiger partial charge in [0, 0.05) is 6.54 Å². The van der Waals surface area contributed by atoms with E-state index < -0.39 is 0 Å². The molecule has 1 aromatic carbocycles. The van der Waals surface area contributed by atoms with E-state index in [1.54, 1.807) is 24.3 Å². The highest BCUT2D eigenvalue weighted by Gasteiger charge is 2.06. The molecular formula is C17H23NO4. The van der Waals surface area contributed by atoms with E-state index in [1.165, 1.54) is 6.08 Å². The molecule has 0 atom stereocenters. The van der Waals surface area contributed by atoms with Crippen LogP contribution in [0, 0.1) is 0 Å². The Labute approximate surface area is 131 Å². The van der Waals surface area contributed by atoms with Crippen molar-refractivity contribution in [2.75, 3.05) is 19.8 Å². The molecule has 1 amide bonds. The lowest BCUT2D eigenvalue weighted by atomic mass is 10.2. The molecule has 0 aliphatic carbocycles. The number of rotatable bonds is 10. The van der Waals surface area contributed by atoms with Gasteiger partial charge in [0.1, 0.15) is 5.75 Å². The lowest BCUT2D eigenvalue weighted by Gasteiger charge is -2.07. The second-order valence-corrected chi connectivity index (χ2v) is 4.71. The number of carbonyl (C=O) groups is 2. The monoisotopic (exact) mass is 305 g/mol. The number of nitrogens with one attached hydrogen (secondary N) is 1. The van der Waals surface area contributed by atoms with Crippen LogP contribution in [0.1, 0.15) is 36.5 Å². The molecule has 0 spiro atoms. The van der Waals surface area contributed by atoms with Gasteiger partial charge in [-0.15, -0.1) is 0 Å². The van der Waals surface area contributed by atoms with E-state index in [4.69, 9.17) is 9.47 Å². The molecule has 0 saturated heterocycles. The lowest BCUT2D eigenvalue weighted by molar-refractivity contribution is -0.116. The van der Waals surface area contributed by atoms with Crippen LogP contribution in [0.2, 0.25) is 0 Å². The van der Waals surface area contributed by atoms with E-state index in [2.05, 4.69) is 11.9 Å². The first-order valence-electron chi connectivity index (χ1n) is 7.47. The lowest BCUT2D eigenvalue weighted by Crippen LogP contribution is -2.22. The van der Waals surface area contributed by atoms with Gasteiger partial charge in [0.2, 0.25) is 5.91 Å². The molecule has 5 heteroatoms. The molecule has 0 aliphatic rings. The molecule has 120 valence electrons. The summed E-state index contributed by atoms with van der Waals surface area (Å²) in [6.07, 6.45) is 3.72. The van der Waals surface area contributed by atoms with Gasteiger partial charge >= 0.3 is 5.97 Å². The van der Waals surface area contributed by atoms with Crippen molar-refractivity contribution >= 4 is 11.9 Å². The van der Waals surface area contributed by atoms with E-state index in [0.29, 0.717) is 31.1 Å². The van der Waals surface area contributed by atoms with E-state index in [9.17, 15) is 9.59 Å². The SMILES string of the molecule is C=CC(=O)NCCCCOc1ccc(C(=O)OCCC)cc1. The summed E-state index contributed by atoms with van der Waals surface area (Å²) in [6, 6.07) is 6.89. The highest BCUT2D eigenvalue weighted by atomic mass is 16.5. The zero-order valence-corrected chi connectivity index (χ0v) is 13.0. The van der Waals surface area contributed by atoms with Crippen molar-refractivity contribution in [3.05, 3.63) is 42.5 Å². The third-order valence-corrected chi connectivity index (χ3v) is 2.85. The van der Waals surface area contributed by atoms with Crippen LogP contribution in [0.5, 0.6) is 5.75 Å². The van der Waals surface area contributed by atoms with Gasteiger partial charge in [-0.1, -0.05) is 13.5 Å². The highest BCUT2D eigenvalue weighted by Crippen LogP contribution is 2.13. The van der Waals surface area contributed by atoms with E-state index >= 15 is 0 Å². The summed E-state index contributed by atoms with van der Waals surface area (Å²) >= 11 is 0. The van der Waals surface area contributed by atoms with Crippen LogP contribution in [0.25, 0.3) is 0 Å². The summed E-state index contributed by atoms with van der Waals surface area (Å²) in [6.45, 7) is 6.93. The molecule has 1 aromatic rings. The van der Waals surface area contributed by atoms with Gasteiger partial charge in [-0.25, -0.2) is 4.79 Å². The van der Waals surface area contributed by atoms with Gasteiger partial charge in [-0.3, -0.25) is 4.79 Å². The molecule has 0 fully saturated rings. The third kappa shape index (κ3) is 6.92. The Morgan fingerprint density at radius 1 is 1.18 bits per heavy atom. The second-order valence-electron chi connectivity index (χ2n) is 4.71. The van der Waals surface area contributed by atoms with Gasteiger partial charge < -0.3 is 14.8 Å². The Morgan fingerprint density at radius 3 is 2.55 bits per heavy atom. The topological polar surface area (TPSA) is 64.6 Å². The van der Waals surface area contributed by atoms with Crippen LogP contribution < -0.4 is 10.1 Å². The molecule has 0 saturated carbocycles. The summed E-state index contributed by atoms with van der Waals surface area (Å²) < 4.78 is 10.6. The maximum absolute atomic E-state index is 11.6. The molecule has 0 aliphatic heterocycles. The van der Waals surface area contributed by atoms with Crippen molar-refractivity contribution in [1.29, 1.82) is 0 Å². The Morgan fingerprint density at radius 2 is 1.91 bits per heavy atom. The fourth-order valence-corrected chi connectivity index (χ4v) is 1.67. The molecule has 0 heterocycles. The molecule has 1 rings (SSSR count). The molecular weight excluding hydrogens is 282 g/mol. The number of hydrogen-bond donors (Lipinski definition) is 1. The first kappa shape index (κ1) is 17.8. The van der Waals surface area contributed by atoms with Crippen LogP contribution in [0.4, 0.5) is 0 Å². The third-order valence-electron chi connectivity index (χ3n) is 2.85. The Bertz CT molecular complexity index is 482. The largest absolute Gasteiger partial charge is 0.494 e. The number of carbonyl (C=O) groups excluding carboxylic acids is 2. The predicted octanol–water partition coefficient (Wildman–Crippen LogP) is 2.71. The van der Waals surface area contributed by atoms with Crippen molar-refractivity contribution in [3.63, 3.8) is 0 Å². The molecule has 0 unspecified atom stereocenters. The number of esters is 1. The number of hydrogen-bond acceptors (Lipinski definition) is 4. The molecule has 0 bridgehead atoms. The van der Waals surface area contributed by atoms with Crippen molar-refractivity contribution in [1.82, 2.24) is 5.32 Å². The van der Waals surface area contributed by atoms with Crippen LogP contribution in [-0.4, -0.2) is 31.6 Å². The van der Waals surface area contributed by atoms with Gasteiger partial charge in [-0.05, 0) is 49.6 Å². The van der Waals surface area contributed by atoms with Crippen molar-refractivity contribution < 1.29 is 19.1 Å². The number of benzene rings is 1. The summed E-state index contributed by atoms with van der Waals surface area (Å²) in [5.74, 6) is 0.236. The minimum atomic E-state index is -0.314. The van der Waals surface area contributed by atoms with Crippen LogP contribution in [0.15, 0.2) is 36.9 Å². The van der Waals surface area contributed by atoms with Crippen LogP contribution in [-0.2, 0) is 9.53 Å². The highest BCUT2D eigenvalue weighted by molar-refractivity contribution is 5.89. The van der Waals surface area contributed by atoms with E-state index in [0.717, 1.165) is 19.3 Å². The summed E-state index contributed by atoms with van der Waals surface area (Å²) in [5.41, 5.74) is 0.521. The number of ether oxygens (including phenoxy) is 2. The summed E-state index contributed by atoms with van der Waals surface area (Å²) in [5, 5.41) is 2.70. The standard InChI is InChI=1S/C17H23NO4/c1-3-12-22-17(20)14-7-9-15(10-8-14)21-13-6-5-11-18-16(19)4-2/h4,7-10H,2-3,5-6,11-13H2,1H3,(H,18,19). The molecule has 0 aromatic heterocycles. The minimum absolute atomic E-state index is 0.161. The summed E-state index contributed by atoms with van der Waals surface area (Å²) in [4.78, 5) is 22.5. The Balaban J connectivity index is 2.23. The smallest absolute Gasteiger partial charge is 0.338 e. The second kappa shape index (κ2) is 10.4. The van der Waals surface area contributed by atoms with Gasteiger partial charge in [0.15, 0.2) is 0 Å². The van der Waals surface area contributed by atoms with Crippen LogP contribution in [0.3, 0.4) is 0 Å². The zero-order valence-electron chi connectivity index (χ0n) is 13.0. The molecule has 0 radical (unpaired) electrons. The molecule has 1 N–H and O–H groups in total.